The SMILES string of the molecule is CC1=CC23C(=O)[C@@H]([C@H](O[Si](C)(C)C(C)(C)C)[C@H](C)C4OC(=O)OC42C1)[C@H]1[C@@H](C[C@H]3C)C1(C)C. The lowest BCUT2D eigenvalue weighted by molar-refractivity contribution is -0.148. The van der Waals surface area contributed by atoms with Gasteiger partial charge in [0.1, 0.15) is 0 Å². The molecule has 0 aromatic heterocycles. The summed E-state index contributed by atoms with van der Waals surface area (Å²) in [7, 11) is -2.20. The molecule has 3 saturated carbocycles. The van der Waals surface area contributed by atoms with E-state index in [0.717, 1.165) is 12.0 Å². The maximum atomic E-state index is 14.9. The molecule has 6 heteroatoms. The van der Waals surface area contributed by atoms with Gasteiger partial charge in [-0.2, -0.15) is 0 Å². The van der Waals surface area contributed by atoms with Crippen molar-refractivity contribution in [3.05, 3.63) is 11.6 Å². The third-order valence-corrected chi connectivity index (χ3v) is 15.3. The van der Waals surface area contributed by atoms with E-state index < -0.39 is 31.6 Å². The molecule has 4 aliphatic carbocycles. The molecule has 5 rings (SSSR count). The Balaban J connectivity index is 1.73. The first-order valence-electron chi connectivity index (χ1n) is 12.8. The highest BCUT2D eigenvalue weighted by Gasteiger charge is 2.80. The van der Waals surface area contributed by atoms with Gasteiger partial charge in [0.2, 0.25) is 0 Å². The van der Waals surface area contributed by atoms with Gasteiger partial charge in [-0.05, 0) is 54.6 Å². The van der Waals surface area contributed by atoms with Crippen molar-refractivity contribution < 1.29 is 23.5 Å². The zero-order valence-corrected chi connectivity index (χ0v) is 23.1. The number of ketones is 1. The summed E-state index contributed by atoms with van der Waals surface area (Å²) in [5.41, 5.74) is -0.536. The van der Waals surface area contributed by atoms with Gasteiger partial charge in [-0.25, -0.2) is 4.79 Å². The van der Waals surface area contributed by atoms with Crippen molar-refractivity contribution in [1.82, 2.24) is 0 Å². The van der Waals surface area contributed by atoms with E-state index in [2.05, 4.69) is 74.6 Å². The fourth-order valence-corrected chi connectivity index (χ4v) is 9.52. The summed E-state index contributed by atoms with van der Waals surface area (Å²) >= 11 is 0. The normalized spacial score (nSPS) is 47.9. The predicted molar refractivity (Wildman–Crippen MR) is 129 cm³/mol. The van der Waals surface area contributed by atoms with Crippen LogP contribution in [0.15, 0.2) is 11.6 Å². The lowest BCUT2D eigenvalue weighted by atomic mass is 9.59. The van der Waals surface area contributed by atoms with Gasteiger partial charge in [0.25, 0.3) is 0 Å². The van der Waals surface area contributed by atoms with Crippen molar-refractivity contribution in [3.63, 3.8) is 0 Å². The molecule has 0 amide bonds. The summed E-state index contributed by atoms with van der Waals surface area (Å²) in [6, 6.07) is 0. The smallest absolute Gasteiger partial charge is 0.426 e. The maximum Gasteiger partial charge on any atom is 0.509 e. The van der Waals surface area contributed by atoms with Gasteiger partial charge in [-0.3, -0.25) is 4.79 Å². The molecule has 1 saturated heterocycles. The van der Waals surface area contributed by atoms with Crippen LogP contribution in [0.2, 0.25) is 18.1 Å². The zero-order chi connectivity index (χ0) is 24.5. The van der Waals surface area contributed by atoms with Gasteiger partial charge in [-0.15, -0.1) is 0 Å². The molecule has 5 aliphatic rings. The number of ether oxygens (including phenoxy) is 2. The van der Waals surface area contributed by atoms with Crippen LogP contribution in [0.4, 0.5) is 4.79 Å². The largest absolute Gasteiger partial charge is 0.509 e. The van der Waals surface area contributed by atoms with E-state index in [1.807, 2.05) is 0 Å². The molecule has 0 N–H and O–H groups in total. The van der Waals surface area contributed by atoms with E-state index >= 15 is 0 Å². The summed E-state index contributed by atoms with van der Waals surface area (Å²) in [5, 5.41) is 0.0170. The molecule has 9 atom stereocenters. The van der Waals surface area contributed by atoms with Gasteiger partial charge in [-0.1, -0.05) is 60.1 Å². The highest BCUT2D eigenvalue weighted by Crippen LogP contribution is 2.74. The number of Topliss-reactive ketones (excluding diaryl/α,β-unsaturated/α-hetero) is 1. The average molecular weight is 475 g/mol. The van der Waals surface area contributed by atoms with Gasteiger partial charge < -0.3 is 13.9 Å². The van der Waals surface area contributed by atoms with Crippen LogP contribution in [0.3, 0.4) is 0 Å². The Kier molecular flexibility index (Phi) is 4.67. The molecule has 3 unspecified atom stereocenters. The van der Waals surface area contributed by atoms with Crippen molar-refractivity contribution in [2.24, 2.45) is 40.4 Å². The third-order valence-electron chi connectivity index (χ3n) is 10.9. The van der Waals surface area contributed by atoms with E-state index in [4.69, 9.17) is 13.9 Å². The summed E-state index contributed by atoms with van der Waals surface area (Å²) < 4.78 is 19.3. The maximum absolute atomic E-state index is 14.9. The Bertz CT molecular complexity index is 945. The van der Waals surface area contributed by atoms with Gasteiger partial charge in [0.05, 0.1) is 11.5 Å². The standard InChI is InChI=1S/C27H42O5Si/c1-14-12-26-15(2)11-17-19(25(17,7)8)18(21(26)28)20(32-33(9,10)24(4,5)6)16(3)22-27(26,13-14)31-23(29)30-22/h12,15-20,22H,11,13H2,1-10H3/t15-,16+,17-,18-,19-,20-,22?,26?,27?/m1/s1. The molecule has 4 fully saturated rings. The van der Waals surface area contributed by atoms with E-state index in [9.17, 15) is 9.59 Å². The minimum absolute atomic E-state index is 0.0170. The highest BCUT2D eigenvalue weighted by molar-refractivity contribution is 6.74. The highest BCUT2D eigenvalue weighted by atomic mass is 28.4. The van der Waals surface area contributed by atoms with Crippen LogP contribution in [0, 0.1) is 40.4 Å². The average Bonchev–Trinajstić information content (AvgIpc) is 2.95. The first kappa shape index (κ1) is 23.6. The van der Waals surface area contributed by atoms with E-state index in [0.29, 0.717) is 18.3 Å². The Morgan fingerprint density at radius 1 is 1.15 bits per heavy atom. The van der Waals surface area contributed by atoms with Crippen molar-refractivity contribution in [3.8, 4) is 0 Å². The predicted octanol–water partition coefficient (Wildman–Crippen LogP) is 6.13. The molecule has 5 nitrogen and oxygen atoms in total. The Morgan fingerprint density at radius 3 is 2.39 bits per heavy atom. The second kappa shape index (κ2) is 6.54. The lowest BCUT2D eigenvalue weighted by Gasteiger charge is -2.45. The van der Waals surface area contributed by atoms with Gasteiger partial charge in [0, 0.05) is 18.3 Å². The van der Waals surface area contributed by atoms with Gasteiger partial charge >= 0.3 is 6.16 Å². The van der Waals surface area contributed by atoms with Crippen molar-refractivity contribution in [1.29, 1.82) is 0 Å². The molecule has 2 bridgehead atoms. The minimum Gasteiger partial charge on any atom is -0.426 e. The molecule has 184 valence electrons. The van der Waals surface area contributed by atoms with E-state index in [1.54, 1.807) is 0 Å². The molecular weight excluding hydrogens is 432 g/mol. The summed E-state index contributed by atoms with van der Waals surface area (Å²) in [6.45, 7) is 22.3. The number of carbonyl (C=O) groups is 2. The molecular formula is C27H42O5Si. The lowest BCUT2D eigenvalue weighted by Crippen LogP contribution is -2.59. The molecule has 1 aliphatic heterocycles. The first-order chi connectivity index (χ1) is 15.0. The first-order valence-corrected chi connectivity index (χ1v) is 15.7. The van der Waals surface area contributed by atoms with Crippen LogP contribution < -0.4 is 0 Å². The monoisotopic (exact) mass is 474 g/mol. The molecule has 33 heavy (non-hydrogen) atoms. The summed E-state index contributed by atoms with van der Waals surface area (Å²) in [6.07, 6.45) is 2.32. The van der Waals surface area contributed by atoms with Crippen molar-refractivity contribution in [2.45, 2.75) is 104 Å². The zero-order valence-electron chi connectivity index (χ0n) is 22.1. The van der Waals surface area contributed by atoms with Gasteiger partial charge in [0.15, 0.2) is 25.8 Å². The minimum atomic E-state index is -2.20. The van der Waals surface area contributed by atoms with Crippen LogP contribution in [-0.2, 0) is 18.7 Å². The number of hydrogen-bond acceptors (Lipinski definition) is 5. The molecule has 1 heterocycles. The molecule has 2 spiro atoms. The second-order valence-electron chi connectivity index (χ2n) is 14.0. The topological polar surface area (TPSA) is 61.8 Å². The Labute approximate surface area is 200 Å². The van der Waals surface area contributed by atoms with E-state index in [1.165, 1.54) is 0 Å². The number of hydrogen-bond donors (Lipinski definition) is 0. The Morgan fingerprint density at radius 2 is 1.79 bits per heavy atom. The van der Waals surface area contributed by atoms with Crippen LogP contribution >= 0.6 is 0 Å². The Hall–Kier alpha value is -1.14. The second-order valence-corrected chi connectivity index (χ2v) is 18.8. The van der Waals surface area contributed by atoms with Crippen molar-refractivity contribution >= 4 is 20.3 Å². The summed E-state index contributed by atoms with van der Waals surface area (Å²) in [4.78, 5) is 27.6. The number of rotatable bonds is 2. The fraction of sp³-hybridized carbons (Fsp3) is 0.852. The van der Waals surface area contributed by atoms with Crippen LogP contribution in [-0.4, -0.2) is 38.1 Å². The quantitative estimate of drug-likeness (QED) is 0.273. The molecule has 0 radical (unpaired) electrons. The third kappa shape index (κ3) is 2.74. The number of fused-ring (bicyclic) bond motifs is 3. The molecule has 0 aromatic carbocycles. The van der Waals surface area contributed by atoms with Crippen LogP contribution in [0.5, 0.6) is 0 Å². The van der Waals surface area contributed by atoms with Crippen LogP contribution in [0.25, 0.3) is 0 Å². The van der Waals surface area contributed by atoms with Crippen LogP contribution in [0.1, 0.15) is 68.2 Å². The van der Waals surface area contributed by atoms with Crippen molar-refractivity contribution in [2.75, 3.05) is 0 Å². The summed E-state index contributed by atoms with van der Waals surface area (Å²) in [5.74, 6) is 0.775. The fourth-order valence-electron chi connectivity index (χ4n) is 8.13. The molecule has 0 aromatic rings. The number of carbonyl (C=O) groups excluding carboxylic acids is 2. The van der Waals surface area contributed by atoms with E-state index in [-0.39, 0.29) is 40.1 Å².